The van der Waals surface area contributed by atoms with E-state index in [2.05, 4.69) is 5.10 Å². The molecule has 1 aliphatic heterocycles. The molecule has 21 heavy (non-hydrogen) atoms. The molecular weight excluding hydrogens is 274 g/mol. The standard InChI is InChI=1S/C14H17N3O4/c1-10-5-2-3-7-16(10)12(18)9-17-14(19)21-13(15-17)11-6-4-8-20-11/h4,6,8,10H,2-3,5,7,9H2,1H3. The van der Waals surface area contributed by atoms with Crippen LogP contribution in [0.1, 0.15) is 26.2 Å². The van der Waals surface area contributed by atoms with Crippen LogP contribution in [0.15, 0.2) is 32.0 Å². The molecule has 112 valence electrons. The van der Waals surface area contributed by atoms with Crippen molar-refractivity contribution < 1.29 is 13.6 Å². The summed E-state index contributed by atoms with van der Waals surface area (Å²) in [4.78, 5) is 25.8. The average molecular weight is 291 g/mol. The lowest BCUT2D eigenvalue weighted by atomic mass is 10.0. The van der Waals surface area contributed by atoms with E-state index in [9.17, 15) is 9.59 Å². The van der Waals surface area contributed by atoms with Crippen molar-refractivity contribution in [2.75, 3.05) is 6.54 Å². The molecule has 3 heterocycles. The molecular formula is C14H17N3O4. The number of hydrogen-bond acceptors (Lipinski definition) is 5. The van der Waals surface area contributed by atoms with Crippen LogP contribution in [0.3, 0.4) is 0 Å². The fourth-order valence-corrected chi connectivity index (χ4v) is 2.59. The van der Waals surface area contributed by atoms with Gasteiger partial charge in [-0.1, -0.05) is 0 Å². The van der Waals surface area contributed by atoms with Crippen LogP contribution in [0, 0.1) is 0 Å². The number of piperidine rings is 1. The van der Waals surface area contributed by atoms with Gasteiger partial charge in [0, 0.05) is 12.6 Å². The highest BCUT2D eigenvalue weighted by Crippen LogP contribution is 2.17. The van der Waals surface area contributed by atoms with Crippen LogP contribution in [-0.4, -0.2) is 33.2 Å². The van der Waals surface area contributed by atoms with Gasteiger partial charge < -0.3 is 13.7 Å². The van der Waals surface area contributed by atoms with Crippen LogP contribution >= 0.6 is 0 Å². The fourth-order valence-electron chi connectivity index (χ4n) is 2.59. The van der Waals surface area contributed by atoms with E-state index in [-0.39, 0.29) is 24.4 Å². The van der Waals surface area contributed by atoms with Gasteiger partial charge in [-0.15, -0.1) is 5.10 Å². The summed E-state index contributed by atoms with van der Waals surface area (Å²) in [5.41, 5.74) is 0. The second-order valence-electron chi connectivity index (χ2n) is 5.24. The molecule has 2 aromatic rings. The summed E-state index contributed by atoms with van der Waals surface area (Å²) < 4.78 is 11.2. The normalized spacial score (nSPS) is 18.9. The summed E-state index contributed by atoms with van der Waals surface area (Å²) >= 11 is 0. The van der Waals surface area contributed by atoms with Gasteiger partial charge in [-0.2, -0.15) is 4.68 Å². The Morgan fingerprint density at radius 2 is 2.33 bits per heavy atom. The van der Waals surface area contributed by atoms with Gasteiger partial charge in [0.05, 0.1) is 6.26 Å². The Kier molecular flexibility index (Phi) is 3.64. The first-order valence-corrected chi connectivity index (χ1v) is 7.06. The van der Waals surface area contributed by atoms with Crippen molar-refractivity contribution in [1.82, 2.24) is 14.7 Å². The molecule has 1 aliphatic rings. The maximum atomic E-state index is 12.3. The molecule has 1 fully saturated rings. The third-order valence-corrected chi connectivity index (χ3v) is 3.75. The zero-order chi connectivity index (χ0) is 14.8. The van der Waals surface area contributed by atoms with Crippen LogP contribution in [0.2, 0.25) is 0 Å². The summed E-state index contributed by atoms with van der Waals surface area (Å²) in [6.07, 6.45) is 4.60. The highest BCUT2D eigenvalue weighted by atomic mass is 16.4. The largest absolute Gasteiger partial charge is 0.459 e. The molecule has 0 spiro atoms. The second kappa shape index (κ2) is 5.59. The van der Waals surface area contributed by atoms with Gasteiger partial charge in [0.1, 0.15) is 6.54 Å². The predicted molar refractivity (Wildman–Crippen MR) is 73.5 cm³/mol. The van der Waals surface area contributed by atoms with Gasteiger partial charge in [-0.3, -0.25) is 4.79 Å². The van der Waals surface area contributed by atoms with E-state index in [0.29, 0.717) is 5.76 Å². The minimum absolute atomic E-state index is 0.0875. The molecule has 2 aromatic heterocycles. The van der Waals surface area contributed by atoms with Crippen molar-refractivity contribution in [3.63, 3.8) is 0 Å². The molecule has 0 saturated carbocycles. The number of nitrogens with zero attached hydrogens (tertiary/aromatic N) is 3. The molecule has 7 heteroatoms. The number of aromatic nitrogens is 2. The van der Waals surface area contributed by atoms with Crippen molar-refractivity contribution in [3.8, 4) is 11.7 Å². The Hall–Kier alpha value is -2.31. The Labute approximate surface area is 121 Å². The molecule has 1 unspecified atom stereocenters. The third kappa shape index (κ3) is 2.76. The summed E-state index contributed by atoms with van der Waals surface area (Å²) in [5, 5.41) is 4.01. The third-order valence-electron chi connectivity index (χ3n) is 3.75. The van der Waals surface area contributed by atoms with E-state index in [1.165, 1.54) is 6.26 Å². The monoisotopic (exact) mass is 291 g/mol. The first-order chi connectivity index (χ1) is 10.1. The van der Waals surface area contributed by atoms with E-state index < -0.39 is 5.76 Å². The molecule has 0 N–H and O–H groups in total. The van der Waals surface area contributed by atoms with E-state index in [0.717, 1.165) is 30.5 Å². The van der Waals surface area contributed by atoms with Gasteiger partial charge in [-0.25, -0.2) is 4.79 Å². The molecule has 3 rings (SSSR count). The second-order valence-corrected chi connectivity index (χ2v) is 5.24. The van der Waals surface area contributed by atoms with Crippen molar-refractivity contribution in [3.05, 3.63) is 28.9 Å². The van der Waals surface area contributed by atoms with Crippen LogP contribution < -0.4 is 5.76 Å². The van der Waals surface area contributed by atoms with Gasteiger partial charge in [0.2, 0.25) is 5.91 Å². The SMILES string of the molecule is CC1CCCCN1C(=O)Cn1nc(-c2ccco2)oc1=O. The van der Waals surface area contributed by atoms with Crippen molar-refractivity contribution in [2.24, 2.45) is 0 Å². The molecule has 0 radical (unpaired) electrons. The first kappa shape index (κ1) is 13.7. The summed E-state index contributed by atoms with van der Waals surface area (Å²) in [7, 11) is 0. The lowest BCUT2D eigenvalue weighted by Crippen LogP contribution is -2.44. The highest BCUT2D eigenvalue weighted by Gasteiger charge is 2.24. The molecule has 1 atom stereocenters. The van der Waals surface area contributed by atoms with Crippen LogP contribution in [-0.2, 0) is 11.3 Å². The highest BCUT2D eigenvalue weighted by molar-refractivity contribution is 5.76. The summed E-state index contributed by atoms with van der Waals surface area (Å²) in [6, 6.07) is 3.53. The van der Waals surface area contributed by atoms with Gasteiger partial charge in [0.25, 0.3) is 5.89 Å². The number of carbonyl (C=O) groups excluding carboxylic acids is 1. The number of likely N-dealkylation sites (tertiary alicyclic amines) is 1. The minimum atomic E-state index is -0.653. The number of carbonyl (C=O) groups is 1. The van der Waals surface area contributed by atoms with E-state index >= 15 is 0 Å². The van der Waals surface area contributed by atoms with Crippen LogP contribution in [0.4, 0.5) is 0 Å². The fraction of sp³-hybridized carbons (Fsp3) is 0.500. The lowest BCUT2D eigenvalue weighted by molar-refractivity contribution is -0.135. The van der Waals surface area contributed by atoms with Crippen LogP contribution in [0.5, 0.6) is 0 Å². The van der Waals surface area contributed by atoms with Gasteiger partial charge >= 0.3 is 5.76 Å². The quantitative estimate of drug-likeness (QED) is 0.856. The summed E-state index contributed by atoms with van der Waals surface area (Å²) in [5.74, 6) is -0.308. The molecule has 0 aromatic carbocycles. The zero-order valence-corrected chi connectivity index (χ0v) is 11.8. The Bertz CT molecular complexity index is 671. The molecule has 7 nitrogen and oxygen atoms in total. The van der Waals surface area contributed by atoms with Gasteiger partial charge in [0.15, 0.2) is 5.76 Å². The minimum Gasteiger partial charge on any atom is -0.459 e. The van der Waals surface area contributed by atoms with Crippen molar-refractivity contribution >= 4 is 5.91 Å². The number of amides is 1. The van der Waals surface area contributed by atoms with Crippen molar-refractivity contribution in [1.29, 1.82) is 0 Å². The molecule has 1 amide bonds. The van der Waals surface area contributed by atoms with Gasteiger partial charge in [-0.05, 0) is 38.3 Å². The number of hydrogen-bond donors (Lipinski definition) is 0. The lowest BCUT2D eigenvalue weighted by Gasteiger charge is -2.33. The smallest absolute Gasteiger partial charge is 0.437 e. The maximum Gasteiger partial charge on any atom is 0.437 e. The van der Waals surface area contributed by atoms with E-state index in [4.69, 9.17) is 8.83 Å². The van der Waals surface area contributed by atoms with Crippen molar-refractivity contribution in [2.45, 2.75) is 38.8 Å². The molecule has 0 bridgehead atoms. The van der Waals surface area contributed by atoms with E-state index in [1.807, 2.05) is 6.92 Å². The van der Waals surface area contributed by atoms with E-state index in [1.54, 1.807) is 17.0 Å². The maximum absolute atomic E-state index is 12.3. The topological polar surface area (TPSA) is 81.5 Å². The number of furan rings is 1. The first-order valence-electron chi connectivity index (χ1n) is 7.06. The zero-order valence-electron chi connectivity index (χ0n) is 11.8. The average Bonchev–Trinajstić information content (AvgIpc) is 3.10. The Morgan fingerprint density at radius 3 is 3.05 bits per heavy atom. The number of rotatable bonds is 3. The molecule has 0 aliphatic carbocycles. The van der Waals surface area contributed by atoms with Crippen LogP contribution in [0.25, 0.3) is 11.7 Å². The Balaban J connectivity index is 1.76. The molecule has 1 saturated heterocycles. The predicted octanol–water partition coefficient (Wildman–Crippen LogP) is 1.50. The Morgan fingerprint density at radius 1 is 1.48 bits per heavy atom. The summed E-state index contributed by atoms with van der Waals surface area (Å²) in [6.45, 7) is 2.65.